The van der Waals surface area contributed by atoms with Crippen molar-refractivity contribution in [3.05, 3.63) is 55.7 Å². The van der Waals surface area contributed by atoms with Gasteiger partial charge in [-0.1, -0.05) is 101 Å². The lowest BCUT2D eigenvalue weighted by Crippen LogP contribution is -2.08. The molecule has 4 rings (SSSR count). The summed E-state index contributed by atoms with van der Waals surface area (Å²) >= 11 is 10.4. The third-order valence-corrected chi connectivity index (χ3v) is 7.48. The van der Waals surface area contributed by atoms with Crippen LogP contribution in [0.25, 0.3) is 0 Å². The van der Waals surface area contributed by atoms with Gasteiger partial charge in [0.1, 0.15) is 11.3 Å². The first-order valence-electron chi connectivity index (χ1n) is 14.1. The van der Waals surface area contributed by atoms with Crippen LogP contribution in [0.3, 0.4) is 0 Å². The van der Waals surface area contributed by atoms with Gasteiger partial charge in [-0.3, -0.25) is 4.99 Å². The topological polar surface area (TPSA) is 63.9 Å². The van der Waals surface area contributed by atoms with Crippen LogP contribution in [0.2, 0.25) is 4.47 Å². The van der Waals surface area contributed by atoms with E-state index in [0.29, 0.717) is 26.1 Å². The Morgan fingerprint density at radius 2 is 1.29 bits per heavy atom. The number of allylic oxidation sites excluding steroid dienone is 1. The number of rotatable bonds is 4. The van der Waals surface area contributed by atoms with E-state index in [1.807, 2.05) is 18.6 Å². The van der Waals surface area contributed by atoms with Crippen LogP contribution >= 0.6 is 46.0 Å². The van der Waals surface area contributed by atoms with Gasteiger partial charge in [0.15, 0.2) is 4.47 Å². The quantitative estimate of drug-likeness (QED) is 0.285. The summed E-state index contributed by atoms with van der Waals surface area (Å²) in [4.78, 5) is 14.9. The maximum atomic E-state index is 5.70. The molecule has 0 bridgehead atoms. The number of aromatic nitrogens is 4. The van der Waals surface area contributed by atoms with E-state index in [1.165, 1.54) is 26.9 Å². The van der Waals surface area contributed by atoms with Crippen molar-refractivity contribution in [3.8, 4) is 0 Å². The second-order valence-electron chi connectivity index (χ2n) is 15.1. The smallest absolute Gasteiger partial charge is 0.183 e. The summed E-state index contributed by atoms with van der Waals surface area (Å²) in [6, 6.07) is 2.09. The van der Waals surface area contributed by atoms with Crippen molar-refractivity contribution in [1.82, 2.24) is 18.7 Å². The number of hydrogen-bond donors (Lipinski definition) is 0. The number of thiazole rings is 1. The fraction of sp³-hybridized carbons (Fsp3) is 0.656. The standard InChI is InChI=1S/C9H15N.C8H12ClNS.C8H13NS.C7H12N2S/c1-9(2,3)6-8-4-5-10-7-8;1-8(2,3)4-6-5-10-7(9)11-6;1-8(2,3)6-7-4-5-9-10-7;1-7(2,3)4-6-8-5-9-10-6/h4,7H,5-6H2,1-3H3;5H,4H2,1-3H3;4-5H,6H2,1-3H3;5H,4H2,1-3H3. The number of nitrogens with zero attached hydrogens (tertiary/aromatic N) is 5. The molecule has 9 heteroatoms. The molecule has 41 heavy (non-hydrogen) atoms. The fourth-order valence-electron chi connectivity index (χ4n) is 3.59. The minimum Gasteiger partial charge on any atom is -0.289 e. The highest BCUT2D eigenvalue weighted by molar-refractivity contribution is 7.15. The monoisotopic (exact) mass is 637 g/mol. The summed E-state index contributed by atoms with van der Waals surface area (Å²) in [7, 11) is 0. The van der Waals surface area contributed by atoms with E-state index in [0.717, 1.165) is 37.2 Å². The van der Waals surface area contributed by atoms with Crippen molar-refractivity contribution in [2.75, 3.05) is 6.54 Å². The molecule has 1 aliphatic heterocycles. The van der Waals surface area contributed by atoms with Crippen molar-refractivity contribution >= 4 is 52.2 Å². The molecule has 4 heterocycles. The Kier molecular flexibility index (Phi) is 15.5. The molecule has 0 saturated heterocycles. The van der Waals surface area contributed by atoms with E-state index in [4.69, 9.17) is 11.6 Å². The Morgan fingerprint density at radius 3 is 1.68 bits per heavy atom. The molecule has 0 aromatic carbocycles. The van der Waals surface area contributed by atoms with Gasteiger partial charge in [0.05, 0.1) is 6.54 Å². The molecule has 0 unspecified atom stereocenters. The SMILES string of the molecule is CC(C)(C)CC1=CCN=C1.CC(C)(C)Cc1ccns1.CC(C)(C)Cc1cnc(Cl)s1.CC(C)(C)Cc1ncns1. The molecule has 230 valence electrons. The first kappa shape index (κ1) is 37.5. The van der Waals surface area contributed by atoms with Crippen LogP contribution in [-0.4, -0.2) is 31.5 Å². The second-order valence-corrected chi connectivity index (χ2v) is 18.6. The molecule has 0 radical (unpaired) electrons. The van der Waals surface area contributed by atoms with Gasteiger partial charge in [0.25, 0.3) is 0 Å². The Hall–Kier alpha value is -1.48. The van der Waals surface area contributed by atoms with E-state index in [9.17, 15) is 0 Å². The van der Waals surface area contributed by atoms with E-state index in [-0.39, 0.29) is 0 Å². The Labute approximate surface area is 267 Å². The van der Waals surface area contributed by atoms with Gasteiger partial charge in [-0.15, -0.1) is 11.3 Å². The molecule has 3 aromatic heterocycles. The molecule has 0 aliphatic carbocycles. The second kappa shape index (κ2) is 17.0. The van der Waals surface area contributed by atoms with Gasteiger partial charge in [-0.2, -0.15) is 4.37 Å². The third kappa shape index (κ3) is 21.8. The molecule has 0 fully saturated rings. The minimum absolute atomic E-state index is 0.329. The molecule has 0 amide bonds. The van der Waals surface area contributed by atoms with Gasteiger partial charge in [-0.05, 0) is 75.6 Å². The normalized spacial score (nSPS) is 13.3. The first-order chi connectivity index (χ1) is 18.7. The van der Waals surface area contributed by atoms with Crippen molar-refractivity contribution < 1.29 is 0 Å². The predicted octanol–water partition coefficient (Wildman–Crippen LogP) is 10.7. The molecule has 0 atom stereocenters. The van der Waals surface area contributed by atoms with Crippen LogP contribution in [0.15, 0.2) is 41.4 Å². The van der Waals surface area contributed by atoms with Crippen molar-refractivity contribution in [2.24, 2.45) is 26.7 Å². The zero-order valence-electron chi connectivity index (χ0n) is 27.3. The van der Waals surface area contributed by atoms with Crippen molar-refractivity contribution in [2.45, 2.75) is 109 Å². The van der Waals surface area contributed by atoms with Crippen LogP contribution < -0.4 is 0 Å². The molecular weight excluding hydrogens is 586 g/mol. The summed E-state index contributed by atoms with van der Waals surface area (Å²) in [5.74, 6) is 0. The lowest BCUT2D eigenvalue weighted by atomic mass is 9.88. The van der Waals surface area contributed by atoms with E-state index in [2.05, 4.69) is 119 Å². The van der Waals surface area contributed by atoms with Gasteiger partial charge in [-0.25, -0.2) is 14.3 Å². The van der Waals surface area contributed by atoms with Crippen LogP contribution in [0.1, 0.15) is 104 Å². The third-order valence-electron chi connectivity index (χ3n) is 4.96. The lowest BCUT2D eigenvalue weighted by Gasteiger charge is -2.17. The zero-order chi connectivity index (χ0) is 31.3. The minimum atomic E-state index is 0.329. The molecule has 0 spiro atoms. The van der Waals surface area contributed by atoms with Crippen LogP contribution in [0, 0.1) is 21.7 Å². The number of halogens is 1. The van der Waals surface area contributed by atoms with Crippen LogP contribution in [0.4, 0.5) is 0 Å². The van der Waals surface area contributed by atoms with Crippen molar-refractivity contribution in [3.63, 3.8) is 0 Å². The fourth-order valence-corrected chi connectivity index (χ4v) is 6.56. The van der Waals surface area contributed by atoms with E-state index < -0.39 is 0 Å². The van der Waals surface area contributed by atoms with Crippen molar-refractivity contribution in [1.29, 1.82) is 0 Å². The summed E-state index contributed by atoms with van der Waals surface area (Å²) in [6.07, 6.45) is 13.9. The van der Waals surface area contributed by atoms with Gasteiger partial charge < -0.3 is 0 Å². The van der Waals surface area contributed by atoms with Gasteiger partial charge in [0, 0.05) is 34.8 Å². The van der Waals surface area contributed by atoms with E-state index >= 15 is 0 Å². The number of aliphatic imine (C=N–C) groups is 1. The maximum Gasteiger partial charge on any atom is 0.183 e. The van der Waals surface area contributed by atoms with Crippen LogP contribution in [-0.2, 0) is 19.3 Å². The molecule has 3 aromatic rings. The first-order valence-corrected chi connectivity index (χ1v) is 16.9. The van der Waals surface area contributed by atoms with Gasteiger partial charge in [0.2, 0.25) is 0 Å². The lowest BCUT2D eigenvalue weighted by molar-refractivity contribution is 0.410. The summed E-state index contributed by atoms with van der Waals surface area (Å²) in [6.45, 7) is 27.6. The van der Waals surface area contributed by atoms with Crippen LogP contribution in [0.5, 0.6) is 0 Å². The predicted molar refractivity (Wildman–Crippen MR) is 184 cm³/mol. The molecular formula is C32H52ClN5S3. The molecule has 0 N–H and O–H groups in total. The average molecular weight is 638 g/mol. The molecule has 1 aliphatic rings. The number of hydrogen-bond acceptors (Lipinski definition) is 8. The summed E-state index contributed by atoms with van der Waals surface area (Å²) in [5.41, 5.74) is 2.86. The maximum absolute atomic E-state index is 5.70. The highest BCUT2D eigenvalue weighted by atomic mass is 35.5. The Balaban J connectivity index is 0.000000274. The zero-order valence-corrected chi connectivity index (χ0v) is 30.5. The van der Waals surface area contributed by atoms with E-state index in [1.54, 1.807) is 29.2 Å². The highest BCUT2D eigenvalue weighted by Crippen LogP contribution is 2.26. The largest absolute Gasteiger partial charge is 0.289 e. The average Bonchev–Trinajstić information content (AvgIpc) is 3.56. The van der Waals surface area contributed by atoms with Gasteiger partial charge >= 0.3 is 0 Å². The summed E-state index contributed by atoms with van der Waals surface area (Å²) < 4.78 is 8.63. The molecule has 5 nitrogen and oxygen atoms in total. The Bertz CT molecular complexity index is 1110. The summed E-state index contributed by atoms with van der Waals surface area (Å²) in [5, 5.41) is 1.13. The highest BCUT2D eigenvalue weighted by Gasteiger charge is 2.14. The Morgan fingerprint density at radius 1 is 0.707 bits per heavy atom. The molecule has 0 saturated carbocycles.